The van der Waals surface area contributed by atoms with E-state index in [-0.39, 0.29) is 10.8 Å². The Hall–Kier alpha value is -2.42. The Morgan fingerprint density at radius 1 is 1.28 bits per heavy atom. The van der Waals surface area contributed by atoms with Crippen molar-refractivity contribution in [2.45, 2.75) is 17.7 Å². The first kappa shape index (κ1) is 19.9. The summed E-state index contributed by atoms with van der Waals surface area (Å²) in [4.78, 5) is 17.0. The molecule has 1 aromatic heterocycles. The van der Waals surface area contributed by atoms with Crippen LogP contribution in [-0.2, 0) is 22.9 Å². The van der Waals surface area contributed by atoms with Crippen LogP contribution in [0.25, 0.3) is 0 Å². The lowest BCUT2D eigenvalue weighted by molar-refractivity contribution is 0.102. The maximum absolute atomic E-state index is 13.1. The van der Waals surface area contributed by atoms with Crippen LogP contribution in [0.5, 0.6) is 0 Å². The molecule has 0 aliphatic carbocycles. The number of amides is 1. The molecule has 0 saturated carbocycles. The Labute approximate surface area is 178 Å². The van der Waals surface area contributed by atoms with E-state index in [1.165, 1.54) is 27.8 Å². The number of hydrogen-bond donors (Lipinski definition) is 1. The molecule has 1 aliphatic rings. The van der Waals surface area contributed by atoms with Gasteiger partial charge in [0.2, 0.25) is 0 Å². The van der Waals surface area contributed by atoms with Crippen LogP contribution in [0.2, 0.25) is 5.02 Å². The molecule has 0 unspecified atom stereocenters. The van der Waals surface area contributed by atoms with Crippen molar-refractivity contribution in [1.29, 1.82) is 0 Å². The highest BCUT2D eigenvalue weighted by Crippen LogP contribution is 2.34. The average Bonchev–Trinajstić information content (AvgIpc) is 3.34. The lowest BCUT2D eigenvalue weighted by Crippen LogP contribution is -2.29. The Balaban J connectivity index is 1.63. The highest BCUT2D eigenvalue weighted by molar-refractivity contribution is 7.92. The van der Waals surface area contributed by atoms with Gasteiger partial charge in [0.1, 0.15) is 0 Å². The van der Waals surface area contributed by atoms with Crippen molar-refractivity contribution >= 4 is 49.7 Å². The van der Waals surface area contributed by atoms with E-state index in [2.05, 4.69) is 17.2 Å². The lowest BCUT2D eigenvalue weighted by atomic mass is 10.1. The minimum atomic E-state index is -3.78. The number of hydrogen-bond acceptors (Lipinski definition) is 5. The zero-order valence-corrected chi connectivity index (χ0v) is 17.6. The van der Waals surface area contributed by atoms with Gasteiger partial charge in [-0.15, -0.1) is 11.3 Å². The normalized spacial score (nSPS) is 13.4. The van der Waals surface area contributed by atoms with Crippen LogP contribution >= 0.6 is 22.9 Å². The van der Waals surface area contributed by atoms with Gasteiger partial charge >= 0.3 is 0 Å². The number of carbonyl (C=O) groups excluding carboxylic acids is 1. The summed E-state index contributed by atoms with van der Waals surface area (Å²) in [6.45, 7) is 4.08. The lowest BCUT2D eigenvalue weighted by Gasteiger charge is -2.20. The van der Waals surface area contributed by atoms with E-state index in [1.54, 1.807) is 30.3 Å². The van der Waals surface area contributed by atoms with Crippen LogP contribution < -0.4 is 9.62 Å². The van der Waals surface area contributed by atoms with Crippen molar-refractivity contribution in [3.8, 4) is 0 Å². The molecule has 29 heavy (non-hydrogen) atoms. The van der Waals surface area contributed by atoms with E-state index in [0.717, 1.165) is 11.3 Å². The number of benzene rings is 2. The minimum absolute atomic E-state index is 0.121. The first-order valence-electron chi connectivity index (χ1n) is 8.85. The molecule has 6 nitrogen and oxygen atoms in total. The Morgan fingerprint density at radius 3 is 2.83 bits per heavy atom. The SMILES string of the molecule is [CH2]Cc1csc(NC(=O)c2ccc3c(c2)N(S(=O)(=O)c2cccc(Cl)c2)CC3)n1. The third-order valence-electron chi connectivity index (χ3n) is 4.61. The van der Waals surface area contributed by atoms with Crippen LogP contribution in [0.4, 0.5) is 10.8 Å². The Bertz CT molecular complexity index is 1190. The maximum atomic E-state index is 13.1. The second kappa shape index (κ2) is 7.78. The summed E-state index contributed by atoms with van der Waals surface area (Å²) in [5, 5.41) is 5.42. The van der Waals surface area contributed by atoms with Gasteiger partial charge in [-0.05, 0) is 55.7 Å². The van der Waals surface area contributed by atoms with Crippen LogP contribution in [-0.4, -0.2) is 25.9 Å². The predicted molar refractivity (Wildman–Crippen MR) is 115 cm³/mol. The van der Waals surface area contributed by atoms with Crippen molar-refractivity contribution in [2.24, 2.45) is 0 Å². The second-order valence-electron chi connectivity index (χ2n) is 6.48. The summed E-state index contributed by atoms with van der Waals surface area (Å²) in [6.07, 6.45) is 1.12. The standard InChI is InChI=1S/C20H17ClN3O3S2/c1-2-16-12-28-20(22-16)23-19(25)14-7-6-13-8-9-24(18(13)10-14)29(26,27)17-5-3-4-15(21)11-17/h3-7,10-12H,1-2,8-9H2,(H,22,23,25). The van der Waals surface area contributed by atoms with E-state index in [4.69, 9.17) is 11.6 Å². The van der Waals surface area contributed by atoms with Gasteiger partial charge in [0.25, 0.3) is 15.9 Å². The molecule has 149 valence electrons. The molecule has 1 radical (unpaired) electrons. The van der Waals surface area contributed by atoms with Gasteiger partial charge in [-0.25, -0.2) is 13.4 Å². The molecular formula is C20H17ClN3O3S2. The molecular weight excluding hydrogens is 430 g/mol. The third kappa shape index (κ3) is 3.88. The molecule has 2 aromatic carbocycles. The van der Waals surface area contributed by atoms with E-state index in [0.29, 0.717) is 40.8 Å². The van der Waals surface area contributed by atoms with Gasteiger partial charge in [0.05, 0.1) is 16.3 Å². The number of sulfonamides is 1. The number of fused-ring (bicyclic) bond motifs is 1. The van der Waals surface area contributed by atoms with Gasteiger partial charge in [-0.1, -0.05) is 23.7 Å². The van der Waals surface area contributed by atoms with Crippen LogP contribution in [0, 0.1) is 6.92 Å². The van der Waals surface area contributed by atoms with Crippen LogP contribution in [0.3, 0.4) is 0 Å². The van der Waals surface area contributed by atoms with Crippen LogP contribution in [0.15, 0.2) is 52.7 Å². The van der Waals surface area contributed by atoms with E-state index < -0.39 is 10.0 Å². The van der Waals surface area contributed by atoms with Gasteiger partial charge in [0, 0.05) is 22.5 Å². The second-order valence-corrected chi connectivity index (χ2v) is 9.63. The number of halogens is 1. The highest BCUT2D eigenvalue weighted by atomic mass is 35.5. The first-order valence-corrected chi connectivity index (χ1v) is 11.5. The molecule has 0 fully saturated rings. The monoisotopic (exact) mass is 446 g/mol. The molecule has 1 N–H and O–H groups in total. The average molecular weight is 447 g/mol. The number of thiazole rings is 1. The summed E-state index contributed by atoms with van der Waals surface area (Å²) < 4.78 is 27.5. The molecule has 0 spiro atoms. The van der Waals surface area contributed by atoms with Crippen molar-refractivity contribution in [2.75, 3.05) is 16.2 Å². The molecule has 0 bridgehead atoms. The van der Waals surface area contributed by atoms with Crippen LogP contribution in [0.1, 0.15) is 21.6 Å². The van der Waals surface area contributed by atoms with Gasteiger partial charge < -0.3 is 0 Å². The molecule has 0 atom stereocenters. The number of anilines is 2. The quantitative estimate of drug-likeness (QED) is 0.637. The number of aromatic nitrogens is 1. The van der Waals surface area contributed by atoms with Crippen molar-refractivity contribution in [3.05, 3.63) is 76.6 Å². The fraction of sp³-hybridized carbons (Fsp3) is 0.150. The fourth-order valence-corrected chi connectivity index (χ4v) is 5.68. The van der Waals surface area contributed by atoms with Gasteiger partial charge in [-0.2, -0.15) is 0 Å². The summed E-state index contributed by atoms with van der Waals surface area (Å²) in [5.41, 5.74) is 2.55. The summed E-state index contributed by atoms with van der Waals surface area (Å²) in [7, 11) is -3.78. The zero-order chi connectivity index (χ0) is 20.6. The van der Waals surface area contributed by atoms with E-state index in [9.17, 15) is 13.2 Å². The predicted octanol–water partition coefficient (Wildman–Crippen LogP) is 4.18. The fourth-order valence-electron chi connectivity index (χ4n) is 3.14. The van der Waals surface area contributed by atoms with Gasteiger partial charge in [0.15, 0.2) is 5.13 Å². The number of carbonyl (C=O) groups is 1. The zero-order valence-electron chi connectivity index (χ0n) is 15.3. The van der Waals surface area contributed by atoms with Gasteiger partial charge in [-0.3, -0.25) is 14.4 Å². The summed E-state index contributed by atoms with van der Waals surface area (Å²) in [5.74, 6) is -0.343. The Kier molecular flexibility index (Phi) is 5.33. The smallest absolute Gasteiger partial charge is 0.264 e. The highest BCUT2D eigenvalue weighted by Gasteiger charge is 2.31. The van der Waals surface area contributed by atoms with Crippen molar-refractivity contribution in [1.82, 2.24) is 4.98 Å². The van der Waals surface area contributed by atoms with E-state index in [1.807, 2.05) is 5.38 Å². The molecule has 4 rings (SSSR count). The maximum Gasteiger partial charge on any atom is 0.264 e. The molecule has 9 heteroatoms. The number of nitrogens with zero attached hydrogens (tertiary/aromatic N) is 2. The molecule has 2 heterocycles. The largest absolute Gasteiger partial charge is 0.298 e. The molecule has 1 amide bonds. The number of rotatable bonds is 5. The van der Waals surface area contributed by atoms with Crippen molar-refractivity contribution in [3.63, 3.8) is 0 Å². The van der Waals surface area contributed by atoms with Crippen molar-refractivity contribution < 1.29 is 13.2 Å². The first-order chi connectivity index (χ1) is 13.9. The topological polar surface area (TPSA) is 79.4 Å². The third-order valence-corrected chi connectivity index (χ3v) is 7.46. The molecule has 0 saturated heterocycles. The Morgan fingerprint density at radius 2 is 2.10 bits per heavy atom. The molecule has 3 aromatic rings. The summed E-state index contributed by atoms with van der Waals surface area (Å²) in [6, 6.07) is 11.3. The summed E-state index contributed by atoms with van der Waals surface area (Å²) >= 11 is 7.29. The van der Waals surface area contributed by atoms with E-state index >= 15 is 0 Å². The number of nitrogens with one attached hydrogen (secondary N) is 1. The molecule has 1 aliphatic heterocycles. The minimum Gasteiger partial charge on any atom is -0.298 e.